The van der Waals surface area contributed by atoms with E-state index in [9.17, 15) is 0 Å². The number of ether oxygens (including phenoxy) is 1. The molecule has 1 aliphatic rings. The summed E-state index contributed by atoms with van der Waals surface area (Å²) in [7, 11) is 1.77. The van der Waals surface area contributed by atoms with Gasteiger partial charge in [0.2, 0.25) is 0 Å². The molecule has 0 amide bonds. The van der Waals surface area contributed by atoms with Crippen LogP contribution in [0.15, 0.2) is 30.3 Å². The highest BCUT2D eigenvalue weighted by Crippen LogP contribution is 2.31. The van der Waals surface area contributed by atoms with Gasteiger partial charge in [-0.3, -0.25) is 4.90 Å². The molecule has 1 aromatic carbocycles. The van der Waals surface area contributed by atoms with E-state index in [1.807, 2.05) is 0 Å². The highest BCUT2D eigenvalue weighted by atomic mass is 16.5. The van der Waals surface area contributed by atoms with Crippen LogP contribution in [0.5, 0.6) is 0 Å². The minimum atomic E-state index is 0.524. The van der Waals surface area contributed by atoms with Gasteiger partial charge >= 0.3 is 0 Å². The molecule has 1 unspecified atom stereocenters. The Balaban J connectivity index is 1.94. The van der Waals surface area contributed by atoms with Gasteiger partial charge in [0.1, 0.15) is 0 Å². The van der Waals surface area contributed by atoms with Gasteiger partial charge in [0.05, 0.1) is 6.61 Å². The molecule has 1 heterocycles. The smallest absolute Gasteiger partial charge is 0.0630 e. The lowest BCUT2D eigenvalue weighted by Gasteiger charge is -2.14. The quantitative estimate of drug-likeness (QED) is 0.675. The van der Waals surface area contributed by atoms with Crippen molar-refractivity contribution in [3.63, 3.8) is 0 Å². The summed E-state index contributed by atoms with van der Waals surface area (Å²) in [4.78, 5) is 2.46. The highest BCUT2D eigenvalue weighted by molar-refractivity contribution is 5.20. The molecule has 1 aromatic rings. The van der Waals surface area contributed by atoms with Crippen LogP contribution < -0.4 is 0 Å². The van der Waals surface area contributed by atoms with Crippen LogP contribution >= 0.6 is 0 Å². The zero-order valence-electron chi connectivity index (χ0n) is 8.81. The predicted molar refractivity (Wildman–Crippen MR) is 57.2 cm³/mol. The summed E-state index contributed by atoms with van der Waals surface area (Å²) in [6, 6.07) is 11.8. The fourth-order valence-electron chi connectivity index (χ4n) is 1.93. The second-order valence-electron chi connectivity index (χ2n) is 3.89. The van der Waals surface area contributed by atoms with E-state index in [0.29, 0.717) is 12.1 Å². The van der Waals surface area contributed by atoms with Gasteiger partial charge in [-0.25, -0.2) is 0 Å². The average molecular weight is 191 g/mol. The SMILES string of the molecule is COC[C@@H]1CN1[C@H](C)c1ccccc1. The molecule has 0 bridgehead atoms. The standard InChI is InChI=1S/C12H17NO/c1-10(11-6-4-3-5-7-11)13-8-12(13)9-14-2/h3-7,10,12H,8-9H2,1-2H3/t10-,12+,13?/m1/s1. The van der Waals surface area contributed by atoms with Crippen molar-refractivity contribution < 1.29 is 4.74 Å². The van der Waals surface area contributed by atoms with Crippen molar-refractivity contribution in [1.82, 2.24) is 4.90 Å². The largest absolute Gasteiger partial charge is 0.383 e. The molecule has 2 rings (SSSR count). The molecule has 0 N–H and O–H groups in total. The Bertz CT molecular complexity index is 286. The van der Waals surface area contributed by atoms with Gasteiger partial charge < -0.3 is 4.74 Å². The summed E-state index contributed by atoms with van der Waals surface area (Å²) >= 11 is 0. The molecule has 1 aliphatic heterocycles. The van der Waals surface area contributed by atoms with Crippen LogP contribution in [0, 0.1) is 0 Å². The van der Waals surface area contributed by atoms with Crippen LogP contribution in [-0.2, 0) is 4.74 Å². The van der Waals surface area contributed by atoms with Crippen LogP contribution in [-0.4, -0.2) is 31.2 Å². The van der Waals surface area contributed by atoms with Crippen molar-refractivity contribution in [2.24, 2.45) is 0 Å². The van der Waals surface area contributed by atoms with E-state index in [2.05, 4.69) is 42.2 Å². The predicted octanol–water partition coefficient (Wildman–Crippen LogP) is 2.08. The number of benzene rings is 1. The number of hydrogen-bond acceptors (Lipinski definition) is 2. The van der Waals surface area contributed by atoms with E-state index < -0.39 is 0 Å². The zero-order valence-corrected chi connectivity index (χ0v) is 8.81. The molecule has 3 atom stereocenters. The Morgan fingerprint density at radius 1 is 1.43 bits per heavy atom. The van der Waals surface area contributed by atoms with Crippen molar-refractivity contribution in [3.05, 3.63) is 35.9 Å². The third kappa shape index (κ3) is 1.97. The minimum Gasteiger partial charge on any atom is -0.383 e. The van der Waals surface area contributed by atoms with Gasteiger partial charge in [-0.2, -0.15) is 0 Å². The van der Waals surface area contributed by atoms with E-state index in [-0.39, 0.29) is 0 Å². The van der Waals surface area contributed by atoms with Crippen LogP contribution in [0.25, 0.3) is 0 Å². The second-order valence-corrected chi connectivity index (χ2v) is 3.89. The first kappa shape index (κ1) is 9.69. The van der Waals surface area contributed by atoms with Crippen LogP contribution in [0.3, 0.4) is 0 Å². The molecule has 1 fully saturated rings. The van der Waals surface area contributed by atoms with E-state index in [1.54, 1.807) is 7.11 Å². The molecule has 2 heteroatoms. The molecule has 0 aromatic heterocycles. The van der Waals surface area contributed by atoms with Crippen molar-refractivity contribution >= 4 is 0 Å². The first-order valence-corrected chi connectivity index (χ1v) is 5.12. The number of hydrogen-bond donors (Lipinski definition) is 0. The maximum absolute atomic E-state index is 5.14. The van der Waals surface area contributed by atoms with E-state index in [0.717, 1.165) is 6.61 Å². The van der Waals surface area contributed by atoms with Crippen molar-refractivity contribution in [2.75, 3.05) is 20.3 Å². The lowest BCUT2D eigenvalue weighted by atomic mass is 10.1. The summed E-state index contributed by atoms with van der Waals surface area (Å²) in [5.74, 6) is 0. The molecular formula is C12H17NO. The molecular weight excluding hydrogens is 174 g/mol. The first-order valence-electron chi connectivity index (χ1n) is 5.12. The van der Waals surface area contributed by atoms with Crippen molar-refractivity contribution in [3.8, 4) is 0 Å². The Kier molecular flexibility index (Phi) is 2.85. The summed E-state index contributed by atoms with van der Waals surface area (Å²) in [6.45, 7) is 4.28. The molecule has 0 radical (unpaired) electrons. The normalized spacial score (nSPS) is 27.3. The van der Waals surface area contributed by atoms with E-state index in [4.69, 9.17) is 4.74 Å². The molecule has 76 valence electrons. The molecule has 2 nitrogen and oxygen atoms in total. The summed E-state index contributed by atoms with van der Waals surface area (Å²) in [5, 5.41) is 0. The first-order chi connectivity index (χ1) is 6.83. The average Bonchev–Trinajstić information content (AvgIpc) is 2.98. The Hall–Kier alpha value is -0.860. The van der Waals surface area contributed by atoms with Crippen LogP contribution in [0.2, 0.25) is 0 Å². The van der Waals surface area contributed by atoms with Crippen LogP contribution in [0.4, 0.5) is 0 Å². The third-order valence-corrected chi connectivity index (χ3v) is 2.90. The fraction of sp³-hybridized carbons (Fsp3) is 0.500. The fourth-order valence-corrected chi connectivity index (χ4v) is 1.93. The Morgan fingerprint density at radius 3 is 2.79 bits per heavy atom. The highest BCUT2D eigenvalue weighted by Gasteiger charge is 2.37. The minimum absolute atomic E-state index is 0.524. The van der Waals surface area contributed by atoms with Crippen LogP contribution in [0.1, 0.15) is 18.5 Å². The molecule has 14 heavy (non-hydrogen) atoms. The Labute approximate surface area is 85.5 Å². The lowest BCUT2D eigenvalue weighted by Crippen LogP contribution is -2.11. The van der Waals surface area contributed by atoms with Crippen molar-refractivity contribution in [1.29, 1.82) is 0 Å². The Morgan fingerprint density at radius 2 is 2.14 bits per heavy atom. The number of methoxy groups -OCH3 is 1. The van der Waals surface area contributed by atoms with E-state index >= 15 is 0 Å². The van der Waals surface area contributed by atoms with Gasteiger partial charge in [0.15, 0.2) is 0 Å². The second kappa shape index (κ2) is 4.11. The number of rotatable bonds is 4. The van der Waals surface area contributed by atoms with Gasteiger partial charge in [-0.15, -0.1) is 0 Å². The van der Waals surface area contributed by atoms with Gasteiger partial charge in [-0.05, 0) is 12.5 Å². The molecule has 0 spiro atoms. The maximum atomic E-state index is 5.14. The zero-order chi connectivity index (χ0) is 9.97. The van der Waals surface area contributed by atoms with Gasteiger partial charge in [-0.1, -0.05) is 30.3 Å². The summed E-state index contributed by atoms with van der Waals surface area (Å²) < 4.78 is 5.14. The summed E-state index contributed by atoms with van der Waals surface area (Å²) in [6.07, 6.45) is 0. The molecule has 0 aliphatic carbocycles. The maximum Gasteiger partial charge on any atom is 0.0630 e. The van der Waals surface area contributed by atoms with E-state index in [1.165, 1.54) is 12.1 Å². The monoisotopic (exact) mass is 191 g/mol. The van der Waals surface area contributed by atoms with Crippen molar-refractivity contribution in [2.45, 2.75) is 19.0 Å². The summed E-state index contributed by atoms with van der Waals surface area (Å²) in [5.41, 5.74) is 1.39. The van der Waals surface area contributed by atoms with Gasteiger partial charge in [0, 0.05) is 25.7 Å². The third-order valence-electron chi connectivity index (χ3n) is 2.90. The lowest BCUT2D eigenvalue weighted by molar-refractivity contribution is 0.182. The molecule has 1 saturated heterocycles. The topological polar surface area (TPSA) is 12.2 Å². The molecule has 0 saturated carbocycles. The van der Waals surface area contributed by atoms with Gasteiger partial charge in [0.25, 0.3) is 0 Å². The number of nitrogens with zero attached hydrogens (tertiary/aromatic N) is 1.